The van der Waals surface area contributed by atoms with Crippen molar-refractivity contribution in [3.63, 3.8) is 0 Å². The molecular formula is C9H19NO. The largest absolute Gasteiger partial charge is 0.395 e. The summed E-state index contributed by atoms with van der Waals surface area (Å²) in [5.41, 5.74) is 0. The van der Waals surface area contributed by atoms with Crippen LogP contribution in [0, 0.1) is 0 Å². The van der Waals surface area contributed by atoms with Gasteiger partial charge in [-0.2, -0.15) is 0 Å². The highest BCUT2D eigenvalue weighted by atomic mass is 16.3. The Morgan fingerprint density at radius 1 is 1.09 bits per heavy atom. The molecule has 1 heterocycles. The van der Waals surface area contributed by atoms with Crippen molar-refractivity contribution in [2.45, 2.75) is 44.6 Å². The number of nitrogens with one attached hydrogen (secondary N) is 1. The summed E-state index contributed by atoms with van der Waals surface area (Å²) in [4.78, 5) is 0. The minimum Gasteiger partial charge on any atom is -0.395 e. The van der Waals surface area contributed by atoms with Gasteiger partial charge in [0.2, 0.25) is 0 Å². The van der Waals surface area contributed by atoms with Gasteiger partial charge in [0, 0.05) is 6.04 Å². The highest BCUT2D eigenvalue weighted by Gasteiger charge is 2.07. The molecule has 0 aliphatic carbocycles. The molecule has 66 valence electrons. The SMILES string of the molecule is OCC1CCCCCCCN1. The van der Waals surface area contributed by atoms with Crippen molar-refractivity contribution in [2.24, 2.45) is 0 Å². The summed E-state index contributed by atoms with van der Waals surface area (Å²) in [5, 5.41) is 12.3. The van der Waals surface area contributed by atoms with E-state index in [1.807, 2.05) is 0 Å². The highest BCUT2D eigenvalue weighted by Crippen LogP contribution is 2.09. The Labute approximate surface area is 69.0 Å². The van der Waals surface area contributed by atoms with E-state index in [9.17, 15) is 0 Å². The van der Waals surface area contributed by atoms with Crippen LogP contribution in [0.3, 0.4) is 0 Å². The Bertz CT molecular complexity index is 85.6. The van der Waals surface area contributed by atoms with Crippen molar-refractivity contribution in [1.82, 2.24) is 5.32 Å². The third-order valence-corrected chi connectivity index (χ3v) is 2.38. The van der Waals surface area contributed by atoms with Gasteiger partial charge in [-0.05, 0) is 19.4 Å². The van der Waals surface area contributed by atoms with Crippen molar-refractivity contribution in [1.29, 1.82) is 0 Å². The Kier molecular flexibility index (Phi) is 4.55. The molecular weight excluding hydrogens is 138 g/mol. The second-order valence-electron chi connectivity index (χ2n) is 3.39. The zero-order valence-corrected chi connectivity index (χ0v) is 7.18. The summed E-state index contributed by atoms with van der Waals surface area (Å²) in [6.07, 6.45) is 7.77. The fraction of sp³-hybridized carbons (Fsp3) is 1.00. The summed E-state index contributed by atoms with van der Waals surface area (Å²) in [6.45, 7) is 1.39. The molecule has 0 saturated carbocycles. The predicted octanol–water partition coefficient (Wildman–Crippen LogP) is 1.29. The minimum atomic E-state index is 0.306. The smallest absolute Gasteiger partial charge is 0.0584 e. The first kappa shape index (κ1) is 9.01. The predicted molar refractivity (Wildman–Crippen MR) is 46.6 cm³/mol. The van der Waals surface area contributed by atoms with Crippen LogP contribution in [0.5, 0.6) is 0 Å². The van der Waals surface area contributed by atoms with E-state index in [1.165, 1.54) is 32.1 Å². The van der Waals surface area contributed by atoms with Crippen LogP contribution in [-0.2, 0) is 0 Å². The first-order valence-electron chi connectivity index (χ1n) is 4.77. The molecule has 0 aromatic heterocycles. The van der Waals surface area contributed by atoms with E-state index < -0.39 is 0 Å². The van der Waals surface area contributed by atoms with Crippen molar-refractivity contribution in [2.75, 3.05) is 13.2 Å². The maximum absolute atomic E-state index is 8.94. The van der Waals surface area contributed by atoms with Gasteiger partial charge in [0.1, 0.15) is 0 Å². The molecule has 0 radical (unpaired) electrons. The zero-order valence-electron chi connectivity index (χ0n) is 7.18. The third-order valence-electron chi connectivity index (χ3n) is 2.38. The van der Waals surface area contributed by atoms with Gasteiger partial charge in [0.05, 0.1) is 6.61 Å². The number of hydrogen-bond donors (Lipinski definition) is 2. The van der Waals surface area contributed by atoms with Crippen LogP contribution in [0.1, 0.15) is 38.5 Å². The summed E-state index contributed by atoms with van der Waals surface area (Å²) >= 11 is 0. The first-order valence-corrected chi connectivity index (χ1v) is 4.77. The normalized spacial score (nSPS) is 28.6. The van der Waals surface area contributed by atoms with Crippen molar-refractivity contribution in [3.8, 4) is 0 Å². The van der Waals surface area contributed by atoms with Gasteiger partial charge < -0.3 is 10.4 Å². The molecule has 1 fully saturated rings. The summed E-state index contributed by atoms with van der Waals surface area (Å²) in [6, 6.07) is 0.369. The van der Waals surface area contributed by atoms with E-state index >= 15 is 0 Å². The average molecular weight is 157 g/mol. The standard InChI is InChI=1S/C9H19NO/c11-8-9-6-4-2-1-3-5-7-10-9/h9-11H,1-8H2. The van der Waals surface area contributed by atoms with Crippen LogP contribution < -0.4 is 5.32 Å². The fourth-order valence-corrected chi connectivity index (χ4v) is 1.61. The van der Waals surface area contributed by atoms with E-state index in [0.29, 0.717) is 12.6 Å². The average Bonchev–Trinajstić information content (AvgIpc) is 2.16. The lowest BCUT2D eigenvalue weighted by atomic mass is 10.1. The quantitative estimate of drug-likeness (QED) is 0.601. The summed E-state index contributed by atoms with van der Waals surface area (Å²) < 4.78 is 0. The molecule has 0 amide bonds. The molecule has 2 nitrogen and oxygen atoms in total. The van der Waals surface area contributed by atoms with Crippen molar-refractivity contribution in [3.05, 3.63) is 0 Å². The minimum absolute atomic E-state index is 0.306. The van der Waals surface area contributed by atoms with E-state index in [2.05, 4.69) is 5.32 Å². The molecule has 2 N–H and O–H groups in total. The summed E-state index contributed by atoms with van der Waals surface area (Å²) in [5.74, 6) is 0. The maximum Gasteiger partial charge on any atom is 0.0584 e. The van der Waals surface area contributed by atoms with E-state index in [1.54, 1.807) is 0 Å². The van der Waals surface area contributed by atoms with Crippen LogP contribution in [0.15, 0.2) is 0 Å². The second-order valence-corrected chi connectivity index (χ2v) is 3.39. The van der Waals surface area contributed by atoms with Gasteiger partial charge in [-0.15, -0.1) is 0 Å². The van der Waals surface area contributed by atoms with Gasteiger partial charge >= 0.3 is 0 Å². The van der Waals surface area contributed by atoms with Crippen LogP contribution in [0.2, 0.25) is 0 Å². The second kappa shape index (κ2) is 5.56. The molecule has 1 aliphatic rings. The molecule has 1 rings (SSSR count). The molecule has 0 aromatic carbocycles. The van der Waals surface area contributed by atoms with E-state index in [0.717, 1.165) is 13.0 Å². The molecule has 11 heavy (non-hydrogen) atoms. The lowest BCUT2D eigenvalue weighted by molar-refractivity contribution is 0.235. The monoisotopic (exact) mass is 157 g/mol. The van der Waals surface area contributed by atoms with E-state index in [4.69, 9.17) is 5.11 Å². The van der Waals surface area contributed by atoms with Crippen LogP contribution in [-0.4, -0.2) is 24.3 Å². The van der Waals surface area contributed by atoms with Crippen LogP contribution in [0.4, 0.5) is 0 Å². The molecule has 1 aliphatic heterocycles. The number of aliphatic hydroxyl groups excluding tert-OH is 1. The lowest BCUT2D eigenvalue weighted by Gasteiger charge is -2.13. The molecule has 2 heteroatoms. The maximum atomic E-state index is 8.94. The summed E-state index contributed by atoms with van der Waals surface area (Å²) in [7, 11) is 0. The van der Waals surface area contributed by atoms with Crippen LogP contribution >= 0.6 is 0 Å². The molecule has 1 unspecified atom stereocenters. The third kappa shape index (κ3) is 3.73. The molecule has 1 saturated heterocycles. The fourth-order valence-electron chi connectivity index (χ4n) is 1.61. The van der Waals surface area contributed by atoms with Gasteiger partial charge in [0.15, 0.2) is 0 Å². The zero-order chi connectivity index (χ0) is 7.94. The van der Waals surface area contributed by atoms with Crippen molar-refractivity contribution < 1.29 is 5.11 Å². The Hall–Kier alpha value is -0.0800. The molecule has 0 aromatic rings. The Morgan fingerprint density at radius 2 is 1.82 bits per heavy atom. The van der Waals surface area contributed by atoms with Crippen LogP contribution in [0.25, 0.3) is 0 Å². The first-order chi connectivity index (χ1) is 5.43. The highest BCUT2D eigenvalue weighted by molar-refractivity contribution is 4.67. The Morgan fingerprint density at radius 3 is 2.64 bits per heavy atom. The molecule has 1 atom stereocenters. The number of rotatable bonds is 1. The van der Waals surface area contributed by atoms with E-state index in [-0.39, 0.29) is 0 Å². The van der Waals surface area contributed by atoms with Gasteiger partial charge in [0.25, 0.3) is 0 Å². The topological polar surface area (TPSA) is 32.3 Å². The number of aliphatic hydroxyl groups is 1. The number of hydrogen-bond acceptors (Lipinski definition) is 2. The Balaban J connectivity index is 2.19. The van der Waals surface area contributed by atoms with Gasteiger partial charge in [-0.25, -0.2) is 0 Å². The van der Waals surface area contributed by atoms with Gasteiger partial charge in [-0.3, -0.25) is 0 Å². The lowest BCUT2D eigenvalue weighted by Crippen LogP contribution is -2.32. The van der Waals surface area contributed by atoms with Gasteiger partial charge in [-0.1, -0.05) is 25.7 Å². The molecule has 0 spiro atoms. The molecule has 0 bridgehead atoms. The van der Waals surface area contributed by atoms with Crippen molar-refractivity contribution >= 4 is 0 Å².